The van der Waals surface area contributed by atoms with Crippen LogP contribution < -0.4 is 5.32 Å². The number of halogens is 2. The molecule has 1 amide bonds. The monoisotopic (exact) mass is 370 g/mol. The predicted octanol–water partition coefficient (Wildman–Crippen LogP) is 3.06. The molecule has 0 atom stereocenters. The summed E-state index contributed by atoms with van der Waals surface area (Å²) in [6.45, 7) is 2.25. The molecule has 0 aliphatic heterocycles. The molecule has 1 heterocycles. The lowest BCUT2D eigenvalue weighted by atomic mass is 10.2. The zero-order valence-electron chi connectivity index (χ0n) is 10.3. The third-order valence-corrected chi connectivity index (χ3v) is 3.44. The highest BCUT2D eigenvalue weighted by Crippen LogP contribution is 2.13. The number of hydrogen-bond acceptors (Lipinski definition) is 2. The molecule has 1 aromatic heterocycles. The molecule has 0 saturated heterocycles. The van der Waals surface area contributed by atoms with Gasteiger partial charge in [0, 0.05) is 9.26 Å². The second kappa shape index (κ2) is 6.10. The quantitative estimate of drug-likeness (QED) is 0.844. The van der Waals surface area contributed by atoms with E-state index in [-0.39, 0.29) is 11.7 Å². The number of aromatic nitrogens is 1. The summed E-state index contributed by atoms with van der Waals surface area (Å²) in [5.74, 6) is -0.575. The van der Waals surface area contributed by atoms with Crippen molar-refractivity contribution in [1.82, 2.24) is 10.3 Å². The molecule has 0 spiro atoms. The number of hydrogen-bond donors (Lipinski definition) is 1. The molecule has 0 unspecified atom stereocenters. The Labute approximate surface area is 124 Å². The summed E-state index contributed by atoms with van der Waals surface area (Å²) in [6, 6.07) is 9.74. The molecule has 3 nitrogen and oxygen atoms in total. The van der Waals surface area contributed by atoms with Crippen molar-refractivity contribution in [3.05, 3.63) is 62.7 Å². The highest BCUT2D eigenvalue weighted by atomic mass is 127. The van der Waals surface area contributed by atoms with E-state index in [4.69, 9.17) is 0 Å². The number of pyridine rings is 1. The largest absolute Gasteiger partial charge is 0.346 e. The minimum absolute atomic E-state index is 0.229. The molecule has 5 heteroatoms. The Hall–Kier alpha value is -1.50. The van der Waals surface area contributed by atoms with Crippen LogP contribution in [0.2, 0.25) is 0 Å². The van der Waals surface area contributed by atoms with E-state index in [2.05, 4.69) is 10.3 Å². The Morgan fingerprint density at radius 1 is 1.37 bits per heavy atom. The van der Waals surface area contributed by atoms with Crippen molar-refractivity contribution in [3.8, 4) is 0 Å². The van der Waals surface area contributed by atoms with Crippen molar-refractivity contribution >= 4 is 28.5 Å². The van der Waals surface area contributed by atoms with Crippen LogP contribution in [-0.2, 0) is 6.54 Å². The topological polar surface area (TPSA) is 42.0 Å². The van der Waals surface area contributed by atoms with E-state index < -0.39 is 0 Å². The van der Waals surface area contributed by atoms with Gasteiger partial charge >= 0.3 is 0 Å². The van der Waals surface area contributed by atoms with Gasteiger partial charge < -0.3 is 5.32 Å². The van der Waals surface area contributed by atoms with Gasteiger partial charge in [-0.15, -0.1) is 0 Å². The molecule has 0 saturated carbocycles. The molecular weight excluding hydrogens is 358 g/mol. The first-order valence-corrected chi connectivity index (χ1v) is 6.80. The first-order chi connectivity index (χ1) is 9.06. The number of nitrogens with zero attached hydrogens (tertiary/aromatic N) is 1. The van der Waals surface area contributed by atoms with E-state index in [0.29, 0.717) is 15.7 Å². The summed E-state index contributed by atoms with van der Waals surface area (Å²) >= 11 is 1.94. The van der Waals surface area contributed by atoms with Gasteiger partial charge in [-0.2, -0.15) is 0 Å². The average Bonchev–Trinajstić information content (AvgIpc) is 2.36. The van der Waals surface area contributed by atoms with Crippen LogP contribution in [0.4, 0.5) is 4.39 Å². The van der Waals surface area contributed by atoms with Gasteiger partial charge in [-0.1, -0.05) is 6.07 Å². The van der Waals surface area contributed by atoms with E-state index >= 15 is 0 Å². The van der Waals surface area contributed by atoms with E-state index in [9.17, 15) is 9.18 Å². The maximum Gasteiger partial charge on any atom is 0.252 e. The summed E-state index contributed by atoms with van der Waals surface area (Å²) < 4.78 is 13.5. The van der Waals surface area contributed by atoms with Crippen LogP contribution in [0, 0.1) is 16.3 Å². The normalized spacial score (nSPS) is 10.3. The molecular formula is C14H12FIN2O. The number of aryl methyl sites for hydroxylation is 1. The molecule has 2 aromatic rings. The Bertz CT molecular complexity index is 616. The molecule has 1 N–H and O–H groups in total. The number of benzene rings is 1. The first-order valence-electron chi connectivity index (χ1n) is 5.72. The fourth-order valence-corrected chi connectivity index (χ4v) is 2.36. The minimum Gasteiger partial charge on any atom is -0.346 e. The molecule has 0 radical (unpaired) electrons. The molecule has 0 fully saturated rings. The van der Waals surface area contributed by atoms with Gasteiger partial charge in [-0.25, -0.2) is 4.39 Å². The van der Waals surface area contributed by atoms with Crippen LogP contribution in [0.1, 0.15) is 21.7 Å². The van der Waals surface area contributed by atoms with Crippen molar-refractivity contribution in [2.24, 2.45) is 0 Å². The fraction of sp³-hybridized carbons (Fsp3) is 0.143. The first kappa shape index (κ1) is 13.9. The van der Waals surface area contributed by atoms with Crippen molar-refractivity contribution in [2.45, 2.75) is 13.5 Å². The number of carbonyl (C=O) groups is 1. The van der Waals surface area contributed by atoms with Crippen molar-refractivity contribution in [2.75, 3.05) is 0 Å². The zero-order valence-corrected chi connectivity index (χ0v) is 12.4. The van der Waals surface area contributed by atoms with Crippen LogP contribution in [0.25, 0.3) is 0 Å². The summed E-state index contributed by atoms with van der Waals surface area (Å²) in [6.07, 6.45) is 0. The smallest absolute Gasteiger partial charge is 0.252 e. The minimum atomic E-state index is -0.346. The van der Waals surface area contributed by atoms with Crippen molar-refractivity contribution in [3.63, 3.8) is 0 Å². The second-order valence-electron chi connectivity index (χ2n) is 4.08. The van der Waals surface area contributed by atoms with Gasteiger partial charge in [-0.3, -0.25) is 9.78 Å². The van der Waals surface area contributed by atoms with Crippen molar-refractivity contribution < 1.29 is 9.18 Å². The molecule has 19 heavy (non-hydrogen) atoms. The Balaban J connectivity index is 2.05. The average molecular weight is 370 g/mol. The number of nitrogens with one attached hydrogen (secondary N) is 1. The van der Waals surface area contributed by atoms with Gasteiger partial charge in [-0.05, 0) is 59.8 Å². The van der Waals surface area contributed by atoms with Gasteiger partial charge in [0.05, 0.1) is 17.8 Å². The standard InChI is InChI=1S/C14H12FIN2O/c1-9-3-2-4-11(18-9)8-17-14(19)12-6-5-10(15)7-13(12)16/h2-7H,8H2,1H3,(H,17,19). The van der Waals surface area contributed by atoms with E-state index in [1.165, 1.54) is 18.2 Å². The van der Waals surface area contributed by atoms with Gasteiger partial charge in [0.25, 0.3) is 5.91 Å². The lowest BCUT2D eigenvalue weighted by Crippen LogP contribution is -2.24. The summed E-state index contributed by atoms with van der Waals surface area (Å²) in [7, 11) is 0. The number of amides is 1. The number of rotatable bonds is 3. The molecule has 98 valence electrons. The summed E-state index contributed by atoms with van der Waals surface area (Å²) in [5.41, 5.74) is 2.17. The van der Waals surface area contributed by atoms with Crippen LogP contribution in [0.15, 0.2) is 36.4 Å². The second-order valence-corrected chi connectivity index (χ2v) is 5.24. The number of carbonyl (C=O) groups excluding carboxylic acids is 1. The predicted molar refractivity (Wildman–Crippen MR) is 79.3 cm³/mol. The third kappa shape index (κ3) is 3.73. The molecule has 0 aliphatic rings. The lowest BCUT2D eigenvalue weighted by molar-refractivity contribution is 0.0949. The Morgan fingerprint density at radius 2 is 2.16 bits per heavy atom. The SMILES string of the molecule is Cc1cccc(CNC(=O)c2ccc(F)cc2I)n1. The Morgan fingerprint density at radius 3 is 2.84 bits per heavy atom. The highest BCUT2D eigenvalue weighted by Gasteiger charge is 2.10. The van der Waals surface area contributed by atoms with Crippen LogP contribution in [0.5, 0.6) is 0 Å². The van der Waals surface area contributed by atoms with Crippen LogP contribution in [-0.4, -0.2) is 10.9 Å². The maximum absolute atomic E-state index is 13.0. The molecule has 0 aliphatic carbocycles. The summed E-state index contributed by atoms with van der Waals surface area (Å²) in [4.78, 5) is 16.3. The van der Waals surface area contributed by atoms with Gasteiger partial charge in [0.2, 0.25) is 0 Å². The van der Waals surface area contributed by atoms with Gasteiger partial charge in [0.15, 0.2) is 0 Å². The van der Waals surface area contributed by atoms with Crippen LogP contribution in [0.3, 0.4) is 0 Å². The fourth-order valence-electron chi connectivity index (χ4n) is 1.64. The Kier molecular flexibility index (Phi) is 4.47. The third-order valence-electron chi connectivity index (χ3n) is 2.55. The van der Waals surface area contributed by atoms with Crippen LogP contribution >= 0.6 is 22.6 Å². The highest BCUT2D eigenvalue weighted by molar-refractivity contribution is 14.1. The molecule has 2 rings (SSSR count). The lowest BCUT2D eigenvalue weighted by Gasteiger charge is -2.07. The van der Waals surface area contributed by atoms with E-state index in [0.717, 1.165) is 11.4 Å². The van der Waals surface area contributed by atoms with E-state index in [1.54, 1.807) is 0 Å². The molecule has 1 aromatic carbocycles. The molecule has 0 bridgehead atoms. The van der Waals surface area contributed by atoms with Gasteiger partial charge in [0.1, 0.15) is 5.82 Å². The summed E-state index contributed by atoms with van der Waals surface area (Å²) in [5, 5.41) is 2.77. The zero-order chi connectivity index (χ0) is 13.8. The van der Waals surface area contributed by atoms with E-state index in [1.807, 2.05) is 47.7 Å². The van der Waals surface area contributed by atoms with Crippen molar-refractivity contribution in [1.29, 1.82) is 0 Å². The maximum atomic E-state index is 13.0.